The lowest BCUT2D eigenvalue weighted by Gasteiger charge is -2.06. The fourth-order valence-electron chi connectivity index (χ4n) is 1.16. The van der Waals surface area contributed by atoms with Crippen LogP contribution in [0.15, 0.2) is 24.5 Å². The van der Waals surface area contributed by atoms with E-state index >= 15 is 0 Å². The molecule has 0 atom stereocenters. The van der Waals surface area contributed by atoms with Crippen LogP contribution < -0.4 is 16.6 Å². The molecule has 4 N–H and O–H groups in total. The molecule has 2 aromatic rings. The molecule has 0 fully saturated rings. The molecular weight excluding hydrogens is 225 g/mol. The first-order valence-corrected chi connectivity index (χ1v) is 4.79. The first kappa shape index (κ1) is 11.1. The van der Waals surface area contributed by atoms with E-state index in [2.05, 4.69) is 30.9 Å². The van der Waals surface area contributed by atoms with E-state index in [0.29, 0.717) is 12.2 Å². The van der Waals surface area contributed by atoms with E-state index in [9.17, 15) is 4.39 Å². The third-order valence-electron chi connectivity index (χ3n) is 1.94. The predicted molar refractivity (Wildman–Crippen MR) is 59.2 cm³/mol. The summed E-state index contributed by atoms with van der Waals surface area (Å²) in [6.07, 6.45) is 2.59. The van der Waals surface area contributed by atoms with Crippen LogP contribution in [-0.4, -0.2) is 20.2 Å². The number of hydrazine groups is 1. The van der Waals surface area contributed by atoms with Gasteiger partial charge in [0.2, 0.25) is 5.95 Å². The molecule has 17 heavy (non-hydrogen) atoms. The molecule has 0 aromatic carbocycles. The van der Waals surface area contributed by atoms with Gasteiger partial charge < -0.3 is 5.32 Å². The lowest BCUT2D eigenvalue weighted by atomic mass is 10.4. The molecule has 0 unspecified atom stereocenters. The second-order valence-electron chi connectivity index (χ2n) is 3.10. The molecule has 2 rings (SSSR count). The highest BCUT2D eigenvalue weighted by atomic mass is 19.1. The second kappa shape index (κ2) is 5.12. The van der Waals surface area contributed by atoms with Gasteiger partial charge in [0, 0.05) is 6.20 Å². The van der Waals surface area contributed by atoms with E-state index in [0.717, 1.165) is 6.20 Å². The molecule has 7 nitrogen and oxygen atoms in total. The van der Waals surface area contributed by atoms with Crippen LogP contribution in [0.2, 0.25) is 0 Å². The third kappa shape index (κ3) is 2.82. The largest absolute Gasteiger partial charge is 0.362 e. The van der Waals surface area contributed by atoms with Crippen molar-refractivity contribution in [1.82, 2.24) is 20.2 Å². The van der Waals surface area contributed by atoms with Crippen LogP contribution in [0.1, 0.15) is 5.69 Å². The van der Waals surface area contributed by atoms with Crippen LogP contribution in [0.25, 0.3) is 0 Å². The summed E-state index contributed by atoms with van der Waals surface area (Å²) in [6, 6.07) is 3.51. The Bertz CT molecular complexity index is 490. The number of rotatable bonds is 4. The van der Waals surface area contributed by atoms with Crippen LogP contribution in [0.3, 0.4) is 0 Å². The number of nitrogens with one attached hydrogen (secondary N) is 2. The van der Waals surface area contributed by atoms with E-state index < -0.39 is 5.82 Å². The number of aromatic nitrogens is 4. The van der Waals surface area contributed by atoms with Gasteiger partial charge in [-0.1, -0.05) is 0 Å². The summed E-state index contributed by atoms with van der Waals surface area (Å²) in [5.74, 6) is 4.75. The maximum absolute atomic E-state index is 13.3. The number of hydrogen-bond acceptors (Lipinski definition) is 7. The average molecular weight is 235 g/mol. The fraction of sp³-hybridized carbons (Fsp3) is 0.111. The summed E-state index contributed by atoms with van der Waals surface area (Å²) in [6.45, 7) is 0.311. The Kier molecular flexibility index (Phi) is 3.36. The molecule has 0 spiro atoms. The smallest absolute Gasteiger partial charge is 0.239 e. The van der Waals surface area contributed by atoms with Gasteiger partial charge in [-0.05, 0) is 12.1 Å². The van der Waals surface area contributed by atoms with Crippen molar-refractivity contribution in [3.05, 3.63) is 36.0 Å². The summed E-state index contributed by atoms with van der Waals surface area (Å²) < 4.78 is 13.3. The van der Waals surface area contributed by atoms with Gasteiger partial charge in [-0.25, -0.2) is 15.2 Å². The van der Waals surface area contributed by atoms with E-state index in [1.807, 2.05) is 0 Å². The molecule has 0 aliphatic carbocycles. The van der Waals surface area contributed by atoms with Gasteiger partial charge in [-0.15, -0.1) is 0 Å². The Morgan fingerprint density at radius 1 is 1.41 bits per heavy atom. The number of nitrogens with zero attached hydrogens (tertiary/aromatic N) is 4. The van der Waals surface area contributed by atoms with E-state index in [1.54, 1.807) is 18.3 Å². The van der Waals surface area contributed by atoms with Crippen molar-refractivity contribution in [3.63, 3.8) is 0 Å². The summed E-state index contributed by atoms with van der Waals surface area (Å²) in [4.78, 5) is 7.45. The standard InChI is InChI=1S/C9H10FN7/c10-7-5-13-9(16-11)15-8(7)12-4-6-2-1-3-14-17-6/h1-3,5H,4,11H2,(H2,12,13,15,16). The number of anilines is 2. The van der Waals surface area contributed by atoms with Crippen molar-refractivity contribution in [1.29, 1.82) is 0 Å². The highest BCUT2D eigenvalue weighted by Crippen LogP contribution is 2.11. The Morgan fingerprint density at radius 2 is 2.29 bits per heavy atom. The SMILES string of the molecule is NNc1ncc(F)c(NCc2cccnn2)n1. The third-order valence-corrected chi connectivity index (χ3v) is 1.94. The van der Waals surface area contributed by atoms with Crippen LogP contribution in [0, 0.1) is 5.82 Å². The van der Waals surface area contributed by atoms with Gasteiger partial charge in [0.05, 0.1) is 18.4 Å². The van der Waals surface area contributed by atoms with Crippen LogP contribution in [0.4, 0.5) is 16.2 Å². The van der Waals surface area contributed by atoms with E-state index in [-0.39, 0.29) is 11.8 Å². The summed E-state index contributed by atoms with van der Waals surface area (Å²) in [5, 5.41) is 10.3. The number of nitrogens with two attached hydrogens (primary N) is 1. The zero-order valence-corrected chi connectivity index (χ0v) is 8.76. The number of nitrogen functional groups attached to an aromatic ring is 1. The van der Waals surface area contributed by atoms with Crippen molar-refractivity contribution in [2.45, 2.75) is 6.54 Å². The second-order valence-corrected chi connectivity index (χ2v) is 3.10. The Balaban J connectivity index is 2.08. The predicted octanol–water partition coefficient (Wildman–Crippen LogP) is 0.303. The zero-order valence-electron chi connectivity index (χ0n) is 8.76. The molecule has 88 valence electrons. The average Bonchev–Trinajstić information content (AvgIpc) is 2.39. The monoisotopic (exact) mass is 235 g/mol. The summed E-state index contributed by atoms with van der Waals surface area (Å²) >= 11 is 0. The molecule has 0 radical (unpaired) electrons. The minimum absolute atomic E-state index is 0.0543. The number of hydrogen-bond donors (Lipinski definition) is 3. The molecular formula is C9H10FN7. The molecule has 0 saturated heterocycles. The minimum atomic E-state index is -0.562. The summed E-state index contributed by atoms with van der Waals surface area (Å²) in [5.41, 5.74) is 2.91. The van der Waals surface area contributed by atoms with Crippen molar-refractivity contribution in [2.24, 2.45) is 5.84 Å². The van der Waals surface area contributed by atoms with Gasteiger partial charge >= 0.3 is 0 Å². The van der Waals surface area contributed by atoms with Gasteiger partial charge in [0.15, 0.2) is 11.6 Å². The van der Waals surface area contributed by atoms with Crippen LogP contribution in [-0.2, 0) is 6.54 Å². The minimum Gasteiger partial charge on any atom is -0.362 e. The van der Waals surface area contributed by atoms with Crippen LogP contribution >= 0.6 is 0 Å². The zero-order chi connectivity index (χ0) is 12.1. The molecule has 0 aliphatic rings. The molecule has 0 aliphatic heterocycles. The highest BCUT2D eigenvalue weighted by Gasteiger charge is 2.06. The topological polar surface area (TPSA) is 102 Å². The van der Waals surface area contributed by atoms with Gasteiger partial charge in [0.25, 0.3) is 0 Å². The normalized spacial score (nSPS) is 10.0. The molecule has 0 saturated carbocycles. The molecule has 0 amide bonds. The molecule has 2 heterocycles. The first-order valence-electron chi connectivity index (χ1n) is 4.79. The van der Waals surface area contributed by atoms with E-state index in [1.165, 1.54) is 0 Å². The maximum Gasteiger partial charge on any atom is 0.239 e. The van der Waals surface area contributed by atoms with Crippen molar-refractivity contribution in [3.8, 4) is 0 Å². The van der Waals surface area contributed by atoms with Crippen molar-refractivity contribution < 1.29 is 4.39 Å². The molecule has 8 heteroatoms. The highest BCUT2D eigenvalue weighted by molar-refractivity contribution is 5.40. The molecule has 0 bridgehead atoms. The Hall–Kier alpha value is -2.35. The van der Waals surface area contributed by atoms with Crippen LogP contribution in [0.5, 0.6) is 0 Å². The lowest BCUT2D eigenvalue weighted by molar-refractivity contribution is 0.617. The van der Waals surface area contributed by atoms with Gasteiger partial charge in [0.1, 0.15) is 0 Å². The maximum atomic E-state index is 13.3. The van der Waals surface area contributed by atoms with Gasteiger partial charge in [-0.2, -0.15) is 15.2 Å². The lowest BCUT2D eigenvalue weighted by Crippen LogP contribution is -2.13. The fourth-order valence-corrected chi connectivity index (χ4v) is 1.16. The number of halogens is 1. The van der Waals surface area contributed by atoms with E-state index in [4.69, 9.17) is 5.84 Å². The Labute approximate surface area is 96.3 Å². The summed E-state index contributed by atoms with van der Waals surface area (Å²) in [7, 11) is 0. The van der Waals surface area contributed by atoms with Gasteiger partial charge in [-0.3, -0.25) is 5.43 Å². The molecule has 2 aromatic heterocycles. The Morgan fingerprint density at radius 3 is 3.00 bits per heavy atom. The first-order chi connectivity index (χ1) is 8.29. The van der Waals surface area contributed by atoms with Crippen molar-refractivity contribution >= 4 is 11.8 Å². The van der Waals surface area contributed by atoms with Crippen molar-refractivity contribution in [2.75, 3.05) is 10.7 Å². The quantitative estimate of drug-likeness (QED) is 0.517.